The third-order valence-electron chi connectivity index (χ3n) is 5.72. The Balaban J connectivity index is 1.41. The van der Waals surface area contributed by atoms with Crippen LogP contribution in [0.1, 0.15) is 31.1 Å². The van der Waals surface area contributed by atoms with Crippen molar-refractivity contribution in [3.8, 4) is 22.8 Å². The molecule has 9 nitrogen and oxygen atoms in total. The summed E-state index contributed by atoms with van der Waals surface area (Å²) < 4.78 is 31.2. The van der Waals surface area contributed by atoms with Gasteiger partial charge in [-0.15, -0.1) is 25.2 Å². The first kappa shape index (κ1) is 22.2. The van der Waals surface area contributed by atoms with Gasteiger partial charge in [-0.3, -0.25) is 4.57 Å². The van der Waals surface area contributed by atoms with E-state index in [1.54, 1.807) is 24.3 Å². The van der Waals surface area contributed by atoms with Crippen LogP contribution in [0.15, 0.2) is 48.5 Å². The molecule has 0 N–H and O–H groups in total. The monoisotopic (exact) mass is 486 g/mol. The van der Waals surface area contributed by atoms with Gasteiger partial charge in [-0.2, -0.15) is 8.78 Å². The minimum absolute atomic E-state index is 0.0890. The first-order valence-electron chi connectivity index (χ1n) is 10.8. The fourth-order valence-corrected chi connectivity index (χ4v) is 4.30. The third kappa shape index (κ3) is 4.43. The number of hydrogen-bond donors (Lipinski definition) is 0. The van der Waals surface area contributed by atoms with Gasteiger partial charge in [0.05, 0.1) is 11.7 Å². The molecule has 1 fully saturated rings. The number of benzene rings is 2. The molecule has 1 atom stereocenters. The Labute approximate surface area is 198 Å². The Hall–Kier alpha value is -3.60. The molecule has 0 amide bonds. The lowest BCUT2D eigenvalue weighted by molar-refractivity contribution is -0.0498. The number of aromatic nitrogens is 7. The number of anilines is 1. The Morgan fingerprint density at radius 2 is 1.88 bits per heavy atom. The van der Waals surface area contributed by atoms with Crippen molar-refractivity contribution in [3.63, 3.8) is 0 Å². The SMILES string of the molecule is Cn1c(-c2ccc(OC(F)F)cc2)nnc1N1CCCC[C@H]1c1nnn(-c2cccc(Cl)c2)n1. The molecule has 4 aromatic rings. The molecule has 2 aromatic heterocycles. The van der Waals surface area contributed by atoms with Gasteiger partial charge >= 0.3 is 6.61 Å². The Bertz CT molecular complexity index is 1280. The summed E-state index contributed by atoms with van der Waals surface area (Å²) in [4.78, 5) is 3.60. The number of halogens is 3. The number of rotatable bonds is 6. The summed E-state index contributed by atoms with van der Waals surface area (Å²) in [5.74, 6) is 1.97. The summed E-state index contributed by atoms with van der Waals surface area (Å²) in [6.07, 6.45) is 2.88. The van der Waals surface area contributed by atoms with E-state index < -0.39 is 6.61 Å². The molecule has 1 saturated heterocycles. The molecule has 0 spiro atoms. The van der Waals surface area contributed by atoms with Gasteiger partial charge in [0, 0.05) is 24.2 Å². The van der Waals surface area contributed by atoms with Crippen molar-refractivity contribution < 1.29 is 13.5 Å². The second-order valence-corrected chi connectivity index (χ2v) is 8.34. The quantitative estimate of drug-likeness (QED) is 0.398. The number of piperidine rings is 1. The van der Waals surface area contributed by atoms with Crippen LogP contribution in [0.2, 0.25) is 5.02 Å². The van der Waals surface area contributed by atoms with E-state index in [-0.39, 0.29) is 11.8 Å². The molecule has 0 radical (unpaired) electrons. The van der Waals surface area contributed by atoms with Gasteiger partial charge in [0.1, 0.15) is 5.75 Å². The lowest BCUT2D eigenvalue weighted by atomic mass is 10.0. The van der Waals surface area contributed by atoms with Gasteiger partial charge < -0.3 is 9.64 Å². The second kappa shape index (κ2) is 9.34. The maximum atomic E-state index is 12.4. The van der Waals surface area contributed by atoms with Crippen molar-refractivity contribution in [1.29, 1.82) is 0 Å². The van der Waals surface area contributed by atoms with Crippen molar-refractivity contribution >= 4 is 17.5 Å². The summed E-state index contributed by atoms with van der Waals surface area (Å²) >= 11 is 6.10. The van der Waals surface area contributed by atoms with E-state index in [0.29, 0.717) is 22.6 Å². The van der Waals surface area contributed by atoms with Crippen molar-refractivity contribution in [2.24, 2.45) is 7.05 Å². The highest BCUT2D eigenvalue weighted by molar-refractivity contribution is 6.30. The Morgan fingerprint density at radius 3 is 2.65 bits per heavy atom. The minimum atomic E-state index is -2.87. The number of tetrazole rings is 1. The van der Waals surface area contributed by atoms with Gasteiger partial charge in [-0.1, -0.05) is 17.7 Å². The lowest BCUT2D eigenvalue weighted by Gasteiger charge is -2.34. The number of nitrogens with zero attached hydrogens (tertiary/aromatic N) is 8. The van der Waals surface area contributed by atoms with Gasteiger partial charge in [-0.05, 0) is 66.9 Å². The molecule has 1 aliphatic rings. The second-order valence-electron chi connectivity index (χ2n) is 7.91. The normalized spacial score (nSPS) is 16.3. The first-order valence-corrected chi connectivity index (χ1v) is 11.1. The molecule has 176 valence electrons. The fraction of sp³-hybridized carbons (Fsp3) is 0.318. The third-order valence-corrected chi connectivity index (χ3v) is 5.95. The molecule has 5 rings (SSSR count). The van der Waals surface area contributed by atoms with E-state index in [9.17, 15) is 8.78 Å². The summed E-state index contributed by atoms with van der Waals surface area (Å²) in [5.41, 5.74) is 1.47. The molecular weight excluding hydrogens is 466 g/mol. The summed E-state index contributed by atoms with van der Waals surface area (Å²) in [6, 6.07) is 13.5. The smallest absolute Gasteiger partial charge is 0.387 e. The predicted octanol–water partition coefficient (Wildman–Crippen LogP) is 4.44. The largest absolute Gasteiger partial charge is 0.435 e. The summed E-state index contributed by atoms with van der Waals surface area (Å²) in [5, 5.41) is 22.5. The van der Waals surface area contributed by atoms with Crippen LogP contribution < -0.4 is 9.64 Å². The van der Waals surface area contributed by atoms with Gasteiger partial charge in [0.25, 0.3) is 0 Å². The molecule has 34 heavy (non-hydrogen) atoms. The topological polar surface area (TPSA) is 86.8 Å². The van der Waals surface area contributed by atoms with Crippen molar-refractivity contribution in [3.05, 3.63) is 59.4 Å². The Kier molecular flexibility index (Phi) is 6.10. The van der Waals surface area contributed by atoms with E-state index in [1.165, 1.54) is 16.9 Å². The predicted molar refractivity (Wildman–Crippen MR) is 121 cm³/mol. The molecule has 1 aliphatic heterocycles. The highest BCUT2D eigenvalue weighted by atomic mass is 35.5. The standard InChI is InChI=1S/C22H21ClF2N8O/c1-31-20(14-8-10-17(11-9-14)34-21(24)25)27-28-22(31)32-12-3-2-7-18(32)19-26-30-33(29-19)16-6-4-5-15(23)13-16/h4-6,8-11,13,18,21H,2-3,7,12H2,1H3/t18-/m0/s1. The van der Waals surface area contributed by atoms with Crippen LogP contribution in [0.3, 0.4) is 0 Å². The van der Waals surface area contributed by atoms with E-state index >= 15 is 0 Å². The zero-order chi connectivity index (χ0) is 23.7. The zero-order valence-corrected chi connectivity index (χ0v) is 19.0. The van der Waals surface area contributed by atoms with Crippen LogP contribution in [0, 0.1) is 0 Å². The fourth-order valence-electron chi connectivity index (χ4n) is 4.12. The molecule has 0 unspecified atom stereocenters. The minimum Gasteiger partial charge on any atom is -0.435 e. The highest BCUT2D eigenvalue weighted by Crippen LogP contribution is 2.34. The molecule has 2 aromatic carbocycles. The maximum absolute atomic E-state index is 12.4. The number of hydrogen-bond acceptors (Lipinski definition) is 7. The van der Waals surface area contributed by atoms with E-state index in [2.05, 4.69) is 35.2 Å². The van der Waals surface area contributed by atoms with E-state index in [0.717, 1.165) is 37.1 Å². The summed E-state index contributed by atoms with van der Waals surface area (Å²) in [6.45, 7) is -2.10. The molecule has 0 saturated carbocycles. The first-order chi connectivity index (χ1) is 16.5. The average Bonchev–Trinajstić information content (AvgIpc) is 3.47. The van der Waals surface area contributed by atoms with Gasteiger partial charge in [0.2, 0.25) is 5.95 Å². The van der Waals surface area contributed by atoms with Gasteiger partial charge in [0.15, 0.2) is 11.6 Å². The van der Waals surface area contributed by atoms with Crippen molar-refractivity contribution in [2.45, 2.75) is 31.9 Å². The van der Waals surface area contributed by atoms with E-state index in [1.807, 2.05) is 23.7 Å². The zero-order valence-electron chi connectivity index (χ0n) is 18.2. The number of ether oxygens (including phenoxy) is 1. The molecule has 0 bridgehead atoms. The van der Waals surface area contributed by atoms with Crippen molar-refractivity contribution in [2.75, 3.05) is 11.4 Å². The molecule has 3 heterocycles. The average molecular weight is 487 g/mol. The summed E-state index contributed by atoms with van der Waals surface area (Å²) in [7, 11) is 1.87. The van der Waals surface area contributed by atoms with Crippen LogP contribution in [0.4, 0.5) is 14.7 Å². The Morgan fingerprint density at radius 1 is 1.06 bits per heavy atom. The maximum Gasteiger partial charge on any atom is 0.387 e. The molecule has 12 heteroatoms. The molecule has 0 aliphatic carbocycles. The van der Waals surface area contributed by atoms with Gasteiger partial charge in [-0.25, -0.2) is 0 Å². The number of alkyl halides is 2. The van der Waals surface area contributed by atoms with Crippen LogP contribution >= 0.6 is 11.6 Å². The van der Waals surface area contributed by atoms with Crippen molar-refractivity contribution in [1.82, 2.24) is 35.0 Å². The van der Waals surface area contributed by atoms with Crippen LogP contribution in [0.5, 0.6) is 5.75 Å². The lowest BCUT2D eigenvalue weighted by Crippen LogP contribution is -2.36. The van der Waals surface area contributed by atoms with Crippen LogP contribution in [0.25, 0.3) is 17.1 Å². The van der Waals surface area contributed by atoms with Crippen LogP contribution in [-0.2, 0) is 7.05 Å². The molecular formula is C22H21ClF2N8O. The van der Waals surface area contributed by atoms with E-state index in [4.69, 9.17) is 11.6 Å². The van der Waals surface area contributed by atoms with Crippen LogP contribution in [-0.4, -0.2) is 48.1 Å². The highest BCUT2D eigenvalue weighted by Gasteiger charge is 2.31.